The SMILES string of the molecule is CCCNC(C)(CC(C)SCCCOC)C(N)=O. The van der Waals surface area contributed by atoms with Crippen molar-refractivity contribution >= 4 is 17.7 Å². The summed E-state index contributed by atoms with van der Waals surface area (Å²) >= 11 is 1.87. The van der Waals surface area contributed by atoms with Crippen LogP contribution < -0.4 is 11.1 Å². The number of methoxy groups -OCH3 is 1. The van der Waals surface area contributed by atoms with Gasteiger partial charge in [-0.3, -0.25) is 4.79 Å². The molecule has 0 radical (unpaired) electrons. The molecule has 2 atom stereocenters. The Bertz CT molecular complexity index is 239. The predicted molar refractivity (Wildman–Crippen MR) is 78.9 cm³/mol. The highest BCUT2D eigenvalue weighted by molar-refractivity contribution is 7.99. The summed E-state index contributed by atoms with van der Waals surface area (Å²) in [5.74, 6) is 0.790. The zero-order valence-corrected chi connectivity index (χ0v) is 12.9. The number of carbonyl (C=O) groups excluding carboxylic acids is 1. The van der Waals surface area contributed by atoms with Gasteiger partial charge in [0.25, 0.3) is 0 Å². The van der Waals surface area contributed by atoms with Gasteiger partial charge in [0.1, 0.15) is 0 Å². The minimum absolute atomic E-state index is 0.264. The molecule has 2 unspecified atom stereocenters. The number of amides is 1. The topological polar surface area (TPSA) is 64.3 Å². The molecule has 1 amide bonds. The molecule has 5 heteroatoms. The lowest BCUT2D eigenvalue weighted by Crippen LogP contribution is -2.54. The number of rotatable bonds is 11. The highest BCUT2D eigenvalue weighted by atomic mass is 32.2. The van der Waals surface area contributed by atoms with E-state index in [0.717, 1.165) is 38.2 Å². The zero-order chi connectivity index (χ0) is 14.0. The lowest BCUT2D eigenvalue weighted by molar-refractivity contribution is -0.124. The van der Waals surface area contributed by atoms with E-state index in [0.29, 0.717) is 5.25 Å². The first-order valence-electron chi connectivity index (χ1n) is 6.61. The second kappa shape index (κ2) is 9.64. The van der Waals surface area contributed by atoms with Crippen LogP contribution in [0.15, 0.2) is 0 Å². The first kappa shape index (κ1) is 17.7. The van der Waals surface area contributed by atoms with Gasteiger partial charge in [-0.15, -0.1) is 0 Å². The van der Waals surface area contributed by atoms with Crippen LogP contribution in [-0.2, 0) is 9.53 Å². The summed E-state index contributed by atoms with van der Waals surface area (Å²) in [5, 5.41) is 3.67. The van der Waals surface area contributed by atoms with Gasteiger partial charge >= 0.3 is 0 Å². The van der Waals surface area contributed by atoms with Crippen molar-refractivity contribution in [1.82, 2.24) is 5.32 Å². The van der Waals surface area contributed by atoms with E-state index >= 15 is 0 Å². The average Bonchev–Trinajstić information content (AvgIpc) is 2.32. The summed E-state index contributed by atoms with van der Waals surface area (Å²) in [5.41, 5.74) is 4.91. The maximum atomic E-state index is 11.6. The van der Waals surface area contributed by atoms with Gasteiger partial charge in [-0.05, 0) is 38.5 Å². The third-order valence-corrected chi connectivity index (χ3v) is 4.16. The molecule has 0 spiro atoms. The molecule has 4 nitrogen and oxygen atoms in total. The van der Waals surface area contributed by atoms with Gasteiger partial charge in [0.05, 0.1) is 5.54 Å². The molecule has 0 saturated heterocycles. The van der Waals surface area contributed by atoms with Gasteiger partial charge in [0.15, 0.2) is 0 Å². The minimum atomic E-state index is -0.594. The lowest BCUT2D eigenvalue weighted by atomic mass is 9.95. The number of thioether (sulfide) groups is 1. The largest absolute Gasteiger partial charge is 0.385 e. The van der Waals surface area contributed by atoms with Crippen molar-refractivity contribution in [2.75, 3.05) is 26.0 Å². The third-order valence-electron chi connectivity index (χ3n) is 2.90. The molecule has 0 aromatic carbocycles. The van der Waals surface area contributed by atoms with Gasteiger partial charge in [0, 0.05) is 19.0 Å². The van der Waals surface area contributed by atoms with E-state index in [1.165, 1.54) is 0 Å². The molecule has 3 N–H and O–H groups in total. The van der Waals surface area contributed by atoms with Gasteiger partial charge < -0.3 is 15.8 Å². The Balaban J connectivity index is 4.10. The molecule has 0 saturated carbocycles. The molecule has 0 aliphatic rings. The number of nitrogens with one attached hydrogen (secondary N) is 1. The van der Waals surface area contributed by atoms with Gasteiger partial charge in [-0.2, -0.15) is 11.8 Å². The van der Waals surface area contributed by atoms with Gasteiger partial charge in [-0.1, -0.05) is 13.8 Å². The molecule has 0 aromatic rings. The molecule has 0 aliphatic heterocycles. The molecule has 0 aromatic heterocycles. The highest BCUT2D eigenvalue weighted by Gasteiger charge is 2.31. The molecule has 0 rings (SSSR count). The van der Waals surface area contributed by atoms with Crippen LogP contribution in [0.4, 0.5) is 0 Å². The minimum Gasteiger partial charge on any atom is -0.385 e. The molecule has 108 valence electrons. The number of primary amides is 1. The fraction of sp³-hybridized carbons (Fsp3) is 0.923. The Morgan fingerprint density at radius 3 is 2.72 bits per heavy atom. The Morgan fingerprint density at radius 2 is 2.22 bits per heavy atom. The Morgan fingerprint density at radius 1 is 1.56 bits per heavy atom. The number of ether oxygens (including phenoxy) is 1. The van der Waals surface area contributed by atoms with Crippen LogP contribution in [0, 0.1) is 0 Å². The van der Waals surface area contributed by atoms with Crippen LogP contribution in [0.1, 0.15) is 40.0 Å². The Hall–Kier alpha value is -0.260. The number of hydrogen-bond acceptors (Lipinski definition) is 4. The number of nitrogens with two attached hydrogens (primary N) is 1. The zero-order valence-electron chi connectivity index (χ0n) is 12.1. The van der Waals surface area contributed by atoms with Crippen molar-refractivity contribution in [2.45, 2.75) is 50.8 Å². The van der Waals surface area contributed by atoms with Crippen LogP contribution in [0.2, 0.25) is 0 Å². The molecule has 0 fully saturated rings. The number of carbonyl (C=O) groups is 1. The van der Waals surface area contributed by atoms with Crippen LogP contribution in [-0.4, -0.2) is 42.7 Å². The fourth-order valence-electron chi connectivity index (χ4n) is 1.78. The van der Waals surface area contributed by atoms with Crippen molar-refractivity contribution in [3.63, 3.8) is 0 Å². The summed E-state index contributed by atoms with van der Waals surface area (Å²) in [6.45, 7) is 7.74. The molecule has 0 bridgehead atoms. The van der Waals surface area contributed by atoms with Crippen molar-refractivity contribution in [3.05, 3.63) is 0 Å². The van der Waals surface area contributed by atoms with E-state index in [1.54, 1.807) is 7.11 Å². The van der Waals surface area contributed by atoms with Crippen molar-refractivity contribution < 1.29 is 9.53 Å². The quantitative estimate of drug-likeness (QED) is 0.565. The van der Waals surface area contributed by atoms with E-state index in [1.807, 2.05) is 18.7 Å². The van der Waals surface area contributed by atoms with Crippen molar-refractivity contribution in [2.24, 2.45) is 5.73 Å². The summed E-state index contributed by atoms with van der Waals surface area (Å²) in [6, 6.07) is 0. The first-order chi connectivity index (χ1) is 8.46. The average molecular weight is 276 g/mol. The number of hydrogen-bond donors (Lipinski definition) is 2. The second-order valence-corrected chi connectivity index (χ2v) is 6.40. The second-order valence-electron chi connectivity index (χ2n) is 4.86. The van der Waals surface area contributed by atoms with Crippen LogP contribution in [0.25, 0.3) is 0 Å². The summed E-state index contributed by atoms with van der Waals surface area (Å²) in [6.07, 6.45) is 2.80. The Kier molecular flexibility index (Phi) is 9.50. The standard InChI is InChI=1S/C13H28N2O2S/c1-5-7-15-13(3,12(14)16)10-11(2)18-9-6-8-17-4/h11,15H,5-10H2,1-4H3,(H2,14,16). The first-order valence-corrected chi connectivity index (χ1v) is 7.66. The van der Waals surface area contributed by atoms with E-state index < -0.39 is 5.54 Å². The molecule has 0 aliphatic carbocycles. The molecular weight excluding hydrogens is 248 g/mol. The van der Waals surface area contributed by atoms with Crippen molar-refractivity contribution in [1.29, 1.82) is 0 Å². The lowest BCUT2D eigenvalue weighted by Gasteiger charge is -2.30. The molecule has 18 heavy (non-hydrogen) atoms. The Labute approximate surface area is 115 Å². The summed E-state index contributed by atoms with van der Waals surface area (Å²) < 4.78 is 5.02. The van der Waals surface area contributed by atoms with Crippen LogP contribution in [0.5, 0.6) is 0 Å². The smallest absolute Gasteiger partial charge is 0.237 e. The monoisotopic (exact) mass is 276 g/mol. The van der Waals surface area contributed by atoms with E-state index in [-0.39, 0.29) is 5.91 Å². The van der Waals surface area contributed by atoms with Gasteiger partial charge in [-0.25, -0.2) is 0 Å². The molecule has 0 heterocycles. The third kappa shape index (κ3) is 7.24. The van der Waals surface area contributed by atoms with E-state index in [2.05, 4.69) is 19.2 Å². The summed E-state index contributed by atoms with van der Waals surface area (Å²) in [4.78, 5) is 11.6. The van der Waals surface area contributed by atoms with Crippen LogP contribution >= 0.6 is 11.8 Å². The maximum absolute atomic E-state index is 11.6. The normalized spacial score (nSPS) is 16.2. The fourth-order valence-corrected chi connectivity index (χ4v) is 2.92. The van der Waals surface area contributed by atoms with E-state index in [9.17, 15) is 4.79 Å². The maximum Gasteiger partial charge on any atom is 0.237 e. The van der Waals surface area contributed by atoms with Crippen LogP contribution in [0.3, 0.4) is 0 Å². The summed E-state index contributed by atoms with van der Waals surface area (Å²) in [7, 11) is 1.72. The van der Waals surface area contributed by atoms with Crippen molar-refractivity contribution in [3.8, 4) is 0 Å². The highest BCUT2D eigenvalue weighted by Crippen LogP contribution is 2.22. The van der Waals surface area contributed by atoms with Gasteiger partial charge in [0.2, 0.25) is 5.91 Å². The van der Waals surface area contributed by atoms with E-state index in [4.69, 9.17) is 10.5 Å². The predicted octanol–water partition coefficient (Wildman–Crippen LogP) is 1.78. The molecular formula is C13H28N2O2S.